The van der Waals surface area contributed by atoms with Gasteiger partial charge < -0.3 is 0 Å². The molecule has 3 nitrogen and oxygen atoms in total. The van der Waals surface area contributed by atoms with Gasteiger partial charge in [-0.3, -0.25) is 0 Å². The van der Waals surface area contributed by atoms with Crippen LogP contribution in [-0.2, 0) is 21.3 Å². The van der Waals surface area contributed by atoms with Gasteiger partial charge in [-0.15, -0.1) is 0 Å². The molecule has 0 saturated heterocycles. The van der Waals surface area contributed by atoms with E-state index >= 15 is 0 Å². The maximum absolute atomic E-state index is 8.78. The van der Waals surface area contributed by atoms with E-state index in [0.29, 0.717) is 0 Å². The molecule has 0 N–H and O–H groups in total. The molecule has 3 aromatic carbocycles. The largest absolute Gasteiger partial charge is 0.0622 e. The van der Waals surface area contributed by atoms with Gasteiger partial charge in [0.2, 0.25) is 0 Å². The summed E-state index contributed by atoms with van der Waals surface area (Å²) in [5.74, 6) is 0. The van der Waals surface area contributed by atoms with Crippen LogP contribution in [0.4, 0.5) is 0 Å². The van der Waals surface area contributed by atoms with E-state index in [9.17, 15) is 0 Å². The minimum Gasteiger partial charge on any atom is -0.0622 e. The molecule has 0 amide bonds. The summed E-state index contributed by atoms with van der Waals surface area (Å²) >= 11 is 1.22. The van der Waals surface area contributed by atoms with E-state index in [0.717, 1.165) is 0 Å². The van der Waals surface area contributed by atoms with Crippen molar-refractivity contribution in [3.8, 4) is 0 Å². The molecule has 0 radical (unpaired) electrons. The van der Waals surface area contributed by atoms with Crippen LogP contribution in [0.5, 0.6) is 0 Å². The fourth-order valence-corrected chi connectivity index (χ4v) is 4.48. The normalized spacial score (nSPS) is 9.87. The molecule has 0 aliphatic carbocycles. The van der Waals surface area contributed by atoms with Gasteiger partial charge in [-0.25, -0.2) is 0 Å². The van der Waals surface area contributed by atoms with E-state index in [1.54, 1.807) is 0 Å². The maximum atomic E-state index is 8.78. The van der Waals surface area contributed by atoms with Crippen LogP contribution in [0, 0.1) is 10.1 Å². The van der Waals surface area contributed by atoms with Crippen molar-refractivity contribution >= 4 is 23.8 Å². The summed E-state index contributed by atoms with van der Waals surface area (Å²) in [6.07, 6.45) is 0. The average Bonchev–Trinajstić information content (AvgIpc) is 2.58. The Morgan fingerprint density at radius 2 is 0.870 bits per heavy atom. The van der Waals surface area contributed by atoms with E-state index in [-0.39, 0.29) is 0 Å². The Kier molecular flexibility index (Phi) is 7.18. The third kappa shape index (κ3) is 5.74. The van der Waals surface area contributed by atoms with Crippen molar-refractivity contribution in [2.24, 2.45) is 0 Å². The first-order valence-corrected chi connectivity index (χ1v) is 9.21. The summed E-state index contributed by atoms with van der Waals surface area (Å²) in [5, 5.41) is 13.0. The molecule has 23 heavy (non-hydrogen) atoms. The van der Waals surface area contributed by atoms with E-state index in [1.807, 2.05) is 0 Å². The SMILES string of the molecule is O=[N+]([O-])[Au].c1ccc(P(c2ccccc2)c2ccccc2)cc1. The standard InChI is InChI=1S/C18H15P.Au.NO2/c1-4-10-16(11-5-1)19(17-12-6-2-7-13-17)18-14-8-3-9-15-18;;2-1-3/h1-15H;;. The number of nitrogens with zero attached hydrogens (tertiary/aromatic N) is 1. The second-order valence-corrected chi connectivity index (χ2v) is 7.54. The van der Waals surface area contributed by atoms with Crippen LogP contribution >= 0.6 is 7.92 Å². The molecule has 0 aliphatic heterocycles. The van der Waals surface area contributed by atoms with Gasteiger partial charge in [-0.05, 0) is 23.8 Å². The molecule has 5 heteroatoms. The Balaban J connectivity index is 0.000000433. The van der Waals surface area contributed by atoms with Crippen molar-refractivity contribution in [2.75, 3.05) is 0 Å². The smallest absolute Gasteiger partial charge is 0.0134 e. The molecule has 0 saturated carbocycles. The Morgan fingerprint density at radius 1 is 0.652 bits per heavy atom. The Labute approximate surface area is 149 Å². The fourth-order valence-electron chi connectivity index (χ4n) is 2.18. The summed E-state index contributed by atoms with van der Waals surface area (Å²) in [5.41, 5.74) is 0. The number of rotatable bonds is 3. The molecule has 0 aromatic heterocycles. The first-order chi connectivity index (χ1) is 11.2. The summed E-state index contributed by atoms with van der Waals surface area (Å²) in [6.45, 7) is 0. The molecule has 3 aromatic rings. The monoisotopic (exact) mass is 505 g/mol. The molecule has 0 atom stereocenters. The van der Waals surface area contributed by atoms with Gasteiger partial charge in [-0.2, -0.15) is 0 Å². The number of benzene rings is 3. The number of nitro groups is 1. The maximum Gasteiger partial charge on any atom is -0.0134 e. The molecule has 120 valence electrons. The molecule has 0 aliphatic rings. The van der Waals surface area contributed by atoms with E-state index in [1.165, 1.54) is 37.2 Å². The van der Waals surface area contributed by atoms with Crippen LogP contribution in [0.15, 0.2) is 91.0 Å². The van der Waals surface area contributed by atoms with E-state index in [4.69, 9.17) is 10.1 Å². The Hall–Kier alpha value is -1.77. The van der Waals surface area contributed by atoms with Crippen LogP contribution in [0.1, 0.15) is 0 Å². The quantitative estimate of drug-likeness (QED) is 0.238. The van der Waals surface area contributed by atoms with Crippen molar-refractivity contribution in [1.82, 2.24) is 0 Å². The predicted octanol–water partition coefficient (Wildman–Crippen LogP) is 3.17. The molecule has 0 unspecified atom stereocenters. The summed E-state index contributed by atoms with van der Waals surface area (Å²) in [6, 6.07) is 32.3. The van der Waals surface area contributed by atoms with Crippen molar-refractivity contribution < 1.29 is 24.7 Å². The summed E-state index contributed by atoms with van der Waals surface area (Å²) < 4.78 is -0.556. The van der Waals surface area contributed by atoms with E-state index < -0.39 is 11.2 Å². The zero-order chi connectivity index (χ0) is 16.5. The predicted molar refractivity (Wildman–Crippen MR) is 92.1 cm³/mol. The molecule has 0 heterocycles. The van der Waals surface area contributed by atoms with Gasteiger partial charge in [0.1, 0.15) is 0 Å². The van der Waals surface area contributed by atoms with Crippen LogP contribution in [0.3, 0.4) is 0 Å². The summed E-state index contributed by atoms with van der Waals surface area (Å²) in [4.78, 5) is 8.78. The Bertz CT molecular complexity index is 626. The van der Waals surface area contributed by atoms with Crippen LogP contribution in [-0.4, -0.2) is 3.33 Å². The second-order valence-electron chi connectivity index (χ2n) is 4.53. The third-order valence-corrected chi connectivity index (χ3v) is 5.49. The zero-order valence-corrected chi connectivity index (χ0v) is 15.2. The van der Waals surface area contributed by atoms with Crippen molar-refractivity contribution in [3.05, 3.63) is 101 Å². The van der Waals surface area contributed by atoms with Crippen LogP contribution in [0.2, 0.25) is 0 Å². The fraction of sp³-hybridized carbons (Fsp3) is 0. The van der Waals surface area contributed by atoms with E-state index in [2.05, 4.69) is 91.0 Å². The van der Waals surface area contributed by atoms with Gasteiger partial charge in [0.15, 0.2) is 0 Å². The van der Waals surface area contributed by atoms with Crippen LogP contribution < -0.4 is 15.9 Å². The second kappa shape index (κ2) is 9.39. The molecule has 0 fully saturated rings. The molecule has 3 rings (SSSR count). The molecule has 0 bridgehead atoms. The first-order valence-electron chi connectivity index (χ1n) is 6.90. The van der Waals surface area contributed by atoms with Crippen molar-refractivity contribution in [1.29, 1.82) is 0 Å². The minimum absolute atomic E-state index is 0.446. The molecular formula is C18H15AuNO2P. The average molecular weight is 505 g/mol. The Morgan fingerprint density at radius 3 is 1.09 bits per heavy atom. The molecular weight excluding hydrogens is 490 g/mol. The number of hydrogen-bond acceptors (Lipinski definition) is 2. The summed E-state index contributed by atoms with van der Waals surface area (Å²) in [7, 11) is -0.446. The van der Waals surface area contributed by atoms with Gasteiger partial charge in [-0.1, -0.05) is 91.0 Å². The van der Waals surface area contributed by atoms with Gasteiger partial charge in [0, 0.05) is 0 Å². The number of hydrogen-bond donors (Lipinski definition) is 0. The zero-order valence-electron chi connectivity index (χ0n) is 12.2. The first kappa shape index (κ1) is 17.6. The van der Waals surface area contributed by atoms with Gasteiger partial charge in [0.05, 0.1) is 0 Å². The van der Waals surface area contributed by atoms with Gasteiger partial charge >= 0.3 is 34.8 Å². The minimum atomic E-state index is -0.556. The van der Waals surface area contributed by atoms with Crippen LogP contribution in [0.25, 0.3) is 0 Å². The van der Waals surface area contributed by atoms with Crippen molar-refractivity contribution in [2.45, 2.75) is 0 Å². The van der Waals surface area contributed by atoms with Crippen molar-refractivity contribution in [3.63, 3.8) is 0 Å². The topological polar surface area (TPSA) is 43.1 Å². The third-order valence-electron chi connectivity index (χ3n) is 3.04. The van der Waals surface area contributed by atoms with Gasteiger partial charge in [0.25, 0.3) is 0 Å². The molecule has 0 spiro atoms.